The molecule has 0 aromatic heterocycles. The lowest BCUT2D eigenvalue weighted by atomic mass is 9.45. The normalized spacial score (nSPS) is 60.4. The van der Waals surface area contributed by atoms with Gasteiger partial charge >= 0.3 is 0 Å². The standard InChI is InChI=1S/C21H34OS/c1-4-22-19-8-7-15-14-6-5-13-11-17-18(23-17)12-21(13,3)16(14)9-10-20(15,19)2/h13-19H,4-12H2,1-3H3/t13?,14-,15-,16+,17?,18?,19?,20-,21-/m0/s1. The number of thioether (sulfide) groups is 1. The molecule has 0 bridgehead atoms. The van der Waals surface area contributed by atoms with Crippen molar-refractivity contribution in [3.05, 3.63) is 0 Å². The first-order valence-corrected chi connectivity index (χ1v) is 11.3. The first-order valence-electron chi connectivity index (χ1n) is 10.3. The quantitative estimate of drug-likeness (QED) is 0.614. The maximum atomic E-state index is 6.21. The second-order valence-electron chi connectivity index (χ2n) is 9.88. The number of fused-ring (bicyclic) bond motifs is 6. The van der Waals surface area contributed by atoms with Gasteiger partial charge in [0.2, 0.25) is 0 Å². The smallest absolute Gasteiger partial charge is 0.0631 e. The van der Waals surface area contributed by atoms with Crippen molar-refractivity contribution in [3.8, 4) is 0 Å². The Kier molecular flexibility index (Phi) is 3.49. The summed E-state index contributed by atoms with van der Waals surface area (Å²) >= 11 is 2.31. The van der Waals surface area contributed by atoms with E-state index in [2.05, 4.69) is 32.5 Å². The molecule has 23 heavy (non-hydrogen) atoms. The third kappa shape index (κ3) is 2.09. The van der Waals surface area contributed by atoms with Crippen LogP contribution in [-0.2, 0) is 4.74 Å². The summed E-state index contributed by atoms with van der Waals surface area (Å²) in [6.07, 6.45) is 12.4. The molecule has 1 nitrogen and oxygen atoms in total. The number of hydrogen-bond acceptors (Lipinski definition) is 2. The predicted octanol–water partition coefficient (Wildman–Crippen LogP) is 5.53. The van der Waals surface area contributed by atoms with E-state index in [0.29, 0.717) is 16.9 Å². The van der Waals surface area contributed by atoms with Gasteiger partial charge in [0, 0.05) is 17.1 Å². The average molecular weight is 335 g/mol. The molecule has 130 valence electrons. The van der Waals surface area contributed by atoms with Gasteiger partial charge in [-0.25, -0.2) is 0 Å². The molecule has 4 unspecified atom stereocenters. The van der Waals surface area contributed by atoms with Gasteiger partial charge in [0.25, 0.3) is 0 Å². The molecule has 1 saturated heterocycles. The van der Waals surface area contributed by atoms with Crippen molar-refractivity contribution in [2.24, 2.45) is 34.5 Å². The highest BCUT2D eigenvalue weighted by Gasteiger charge is 2.63. The molecular formula is C21H34OS. The fourth-order valence-electron chi connectivity index (χ4n) is 7.95. The highest BCUT2D eigenvalue weighted by atomic mass is 32.2. The maximum Gasteiger partial charge on any atom is 0.0631 e. The molecule has 0 aromatic carbocycles. The van der Waals surface area contributed by atoms with Crippen LogP contribution in [0.15, 0.2) is 0 Å². The Morgan fingerprint density at radius 3 is 2.61 bits per heavy atom. The fourth-order valence-corrected chi connectivity index (χ4v) is 9.31. The van der Waals surface area contributed by atoms with Gasteiger partial charge in [-0.3, -0.25) is 0 Å². The first-order chi connectivity index (χ1) is 11.1. The van der Waals surface area contributed by atoms with Crippen LogP contribution in [0.4, 0.5) is 0 Å². The zero-order valence-corrected chi connectivity index (χ0v) is 16.0. The van der Waals surface area contributed by atoms with Crippen LogP contribution >= 0.6 is 11.8 Å². The Bertz CT molecular complexity index is 492. The van der Waals surface area contributed by atoms with Crippen LogP contribution in [0.5, 0.6) is 0 Å². The lowest BCUT2D eigenvalue weighted by Crippen LogP contribution is -2.54. The zero-order valence-electron chi connectivity index (χ0n) is 15.2. The summed E-state index contributed by atoms with van der Waals surface area (Å²) < 4.78 is 6.21. The zero-order chi connectivity index (χ0) is 15.8. The number of rotatable bonds is 2. The molecule has 1 aliphatic heterocycles. The summed E-state index contributed by atoms with van der Waals surface area (Å²) in [5.41, 5.74) is 1.17. The van der Waals surface area contributed by atoms with Gasteiger partial charge < -0.3 is 4.74 Å². The maximum absolute atomic E-state index is 6.21. The molecule has 0 aromatic rings. The highest BCUT2D eigenvalue weighted by Crippen LogP contribution is 2.70. The van der Waals surface area contributed by atoms with E-state index in [4.69, 9.17) is 4.74 Å². The van der Waals surface area contributed by atoms with E-state index in [1.165, 1.54) is 38.5 Å². The molecule has 4 saturated carbocycles. The van der Waals surface area contributed by atoms with Crippen LogP contribution in [0.3, 0.4) is 0 Å². The summed E-state index contributed by atoms with van der Waals surface area (Å²) in [6.45, 7) is 8.38. The molecule has 5 fully saturated rings. The van der Waals surface area contributed by atoms with Crippen LogP contribution < -0.4 is 0 Å². The largest absolute Gasteiger partial charge is 0.378 e. The molecule has 5 rings (SSSR count). The van der Waals surface area contributed by atoms with Crippen molar-refractivity contribution in [2.45, 2.75) is 88.7 Å². The molecule has 5 aliphatic rings. The van der Waals surface area contributed by atoms with Gasteiger partial charge in [-0.05, 0) is 92.8 Å². The van der Waals surface area contributed by atoms with Gasteiger partial charge in [-0.1, -0.05) is 13.8 Å². The molecule has 2 heteroatoms. The molecule has 0 radical (unpaired) electrons. The Morgan fingerprint density at radius 2 is 1.78 bits per heavy atom. The van der Waals surface area contributed by atoms with Crippen molar-refractivity contribution >= 4 is 11.8 Å². The van der Waals surface area contributed by atoms with Gasteiger partial charge in [0.15, 0.2) is 0 Å². The highest BCUT2D eigenvalue weighted by molar-refractivity contribution is 8.07. The summed E-state index contributed by atoms with van der Waals surface area (Å²) in [4.78, 5) is 0. The molecule has 0 spiro atoms. The predicted molar refractivity (Wildman–Crippen MR) is 97.7 cm³/mol. The molecular weight excluding hydrogens is 300 g/mol. The summed E-state index contributed by atoms with van der Waals surface area (Å²) in [6, 6.07) is 0. The van der Waals surface area contributed by atoms with E-state index in [0.717, 1.165) is 40.8 Å². The van der Waals surface area contributed by atoms with E-state index in [-0.39, 0.29) is 0 Å². The topological polar surface area (TPSA) is 9.23 Å². The van der Waals surface area contributed by atoms with Crippen molar-refractivity contribution < 1.29 is 4.74 Å². The van der Waals surface area contributed by atoms with Crippen LogP contribution in [-0.4, -0.2) is 23.2 Å². The Balaban J connectivity index is 1.42. The SMILES string of the molecule is CCOC1CC[C@H]2[C@@H]3CCC4CC5SC5C[C@]4(C)[C@@H]3CC[C@]12C. The Hall–Kier alpha value is 0.310. The van der Waals surface area contributed by atoms with E-state index in [1.807, 2.05) is 0 Å². The van der Waals surface area contributed by atoms with Crippen LogP contribution in [0.25, 0.3) is 0 Å². The summed E-state index contributed by atoms with van der Waals surface area (Å²) in [5.74, 6) is 4.05. The molecule has 0 amide bonds. The van der Waals surface area contributed by atoms with Crippen molar-refractivity contribution in [2.75, 3.05) is 6.61 Å². The third-order valence-electron chi connectivity index (χ3n) is 9.19. The minimum Gasteiger partial charge on any atom is -0.378 e. The molecule has 4 aliphatic carbocycles. The molecule has 0 N–H and O–H groups in total. The lowest BCUT2D eigenvalue weighted by Gasteiger charge is -2.60. The van der Waals surface area contributed by atoms with Crippen molar-refractivity contribution in [3.63, 3.8) is 0 Å². The first kappa shape index (κ1) is 15.6. The van der Waals surface area contributed by atoms with E-state index in [9.17, 15) is 0 Å². The van der Waals surface area contributed by atoms with Crippen LogP contribution in [0.1, 0.15) is 72.1 Å². The van der Waals surface area contributed by atoms with Gasteiger partial charge in [-0.15, -0.1) is 0 Å². The Labute approximate surface area is 146 Å². The van der Waals surface area contributed by atoms with Gasteiger partial charge in [0.05, 0.1) is 6.10 Å². The summed E-state index contributed by atoms with van der Waals surface area (Å²) in [5, 5.41) is 2.11. The molecule has 1 heterocycles. The van der Waals surface area contributed by atoms with Gasteiger partial charge in [0.1, 0.15) is 0 Å². The second-order valence-corrected chi connectivity index (χ2v) is 11.4. The van der Waals surface area contributed by atoms with E-state index < -0.39 is 0 Å². The minimum atomic E-state index is 0.492. The second kappa shape index (κ2) is 5.16. The van der Waals surface area contributed by atoms with Crippen LogP contribution in [0.2, 0.25) is 0 Å². The third-order valence-corrected chi connectivity index (χ3v) is 10.6. The Morgan fingerprint density at radius 1 is 0.957 bits per heavy atom. The minimum absolute atomic E-state index is 0.492. The fraction of sp³-hybridized carbons (Fsp3) is 1.00. The number of ether oxygens (including phenoxy) is 1. The average Bonchev–Trinajstić information content (AvgIpc) is 3.18. The van der Waals surface area contributed by atoms with Crippen LogP contribution in [0, 0.1) is 34.5 Å². The van der Waals surface area contributed by atoms with E-state index in [1.54, 1.807) is 12.8 Å². The summed E-state index contributed by atoms with van der Waals surface area (Å²) in [7, 11) is 0. The van der Waals surface area contributed by atoms with Gasteiger partial charge in [-0.2, -0.15) is 11.8 Å². The monoisotopic (exact) mass is 334 g/mol. The van der Waals surface area contributed by atoms with Crippen molar-refractivity contribution in [1.29, 1.82) is 0 Å². The molecule has 9 atom stereocenters. The van der Waals surface area contributed by atoms with E-state index >= 15 is 0 Å². The van der Waals surface area contributed by atoms with Crippen molar-refractivity contribution in [1.82, 2.24) is 0 Å². The lowest BCUT2D eigenvalue weighted by molar-refractivity contribution is -0.126. The number of hydrogen-bond donors (Lipinski definition) is 0.